The molecular weight excluding hydrogens is 192 g/mol. The summed E-state index contributed by atoms with van der Waals surface area (Å²) in [7, 11) is 0. The molecule has 1 atom stereocenters. The van der Waals surface area contributed by atoms with Crippen LogP contribution in [-0.4, -0.2) is 31.7 Å². The lowest BCUT2D eigenvalue weighted by atomic mass is 10.2. The van der Waals surface area contributed by atoms with E-state index in [0.29, 0.717) is 25.5 Å². The largest absolute Gasteiger partial charge is 0.381 e. The Balaban J connectivity index is 3.27. The zero-order valence-corrected chi connectivity index (χ0v) is 10.1. The number of hydrogen-bond donors (Lipinski definition) is 2. The SMILES string of the molecule is CC[C@H](N)C(=O)NCCCOCC(C)C. The molecule has 0 fully saturated rings. The lowest BCUT2D eigenvalue weighted by Crippen LogP contribution is -2.40. The van der Waals surface area contributed by atoms with Crippen LogP contribution in [0.25, 0.3) is 0 Å². The van der Waals surface area contributed by atoms with Gasteiger partial charge in [0.2, 0.25) is 5.91 Å². The maximum atomic E-state index is 11.2. The molecule has 15 heavy (non-hydrogen) atoms. The van der Waals surface area contributed by atoms with Crippen LogP contribution in [0.1, 0.15) is 33.6 Å². The van der Waals surface area contributed by atoms with E-state index in [0.717, 1.165) is 13.0 Å². The summed E-state index contributed by atoms with van der Waals surface area (Å²) in [6, 6.07) is -0.374. The highest BCUT2D eigenvalue weighted by Gasteiger charge is 2.08. The molecule has 0 aliphatic heterocycles. The number of carbonyl (C=O) groups excluding carboxylic acids is 1. The van der Waals surface area contributed by atoms with E-state index >= 15 is 0 Å². The molecule has 90 valence electrons. The van der Waals surface area contributed by atoms with Crippen molar-refractivity contribution in [3.63, 3.8) is 0 Å². The maximum Gasteiger partial charge on any atom is 0.236 e. The van der Waals surface area contributed by atoms with E-state index < -0.39 is 0 Å². The number of nitrogens with one attached hydrogen (secondary N) is 1. The Morgan fingerprint density at radius 1 is 1.47 bits per heavy atom. The predicted molar refractivity (Wildman–Crippen MR) is 61.6 cm³/mol. The third kappa shape index (κ3) is 8.39. The normalized spacial score (nSPS) is 12.9. The second kappa shape index (κ2) is 8.68. The van der Waals surface area contributed by atoms with Crippen molar-refractivity contribution >= 4 is 5.91 Å². The van der Waals surface area contributed by atoms with Crippen LogP contribution in [0.5, 0.6) is 0 Å². The first-order valence-electron chi connectivity index (χ1n) is 5.69. The molecule has 0 radical (unpaired) electrons. The van der Waals surface area contributed by atoms with Crippen molar-refractivity contribution in [2.24, 2.45) is 11.7 Å². The Kier molecular flexibility index (Phi) is 8.33. The first-order chi connectivity index (χ1) is 7.07. The summed E-state index contributed by atoms with van der Waals surface area (Å²) in [6.45, 7) is 8.24. The highest BCUT2D eigenvalue weighted by molar-refractivity contribution is 5.81. The van der Waals surface area contributed by atoms with Gasteiger partial charge >= 0.3 is 0 Å². The van der Waals surface area contributed by atoms with Crippen LogP contribution in [0, 0.1) is 5.92 Å². The van der Waals surface area contributed by atoms with Gasteiger partial charge in [-0.2, -0.15) is 0 Å². The highest BCUT2D eigenvalue weighted by Crippen LogP contribution is 1.93. The quantitative estimate of drug-likeness (QED) is 0.593. The van der Waals surface area contributed by atoms with Crippen LogP contribution in [0.3, 0.4) is 0 Å². The Labute approximate surface area is 92.6 Å². The molecule has 0 aromatic carbocycles. The highest BCUT2D eigenvalue weighted by atomic mass is 16.5. The van der Waals surface area contributed by atoms with Crippen molar-refractivity contribution in [3.8, 4) is 0 Å². The first-order valence-corrected chi connectivity index (χ1v) is 5.69. The first kappa shape index (κ1) is 14.4. The molecule has 0 aliphatic carbocycles. The van der Waals surface area contributed by atoms with Crippen LogP contribution in [0.2, 0.25) is 0 Å². The third-order valence-electron chi connectivity index (χ3n) is 1.99. The molecule has 4 heteroatoms. The summed E-state index contributed by atoms with van der Waals surface area (Å²) < 4.78 is 5.38. The van der Waals surface area contributed by atoms with E-state index in [1.807, 2.05) is 6.92 Å². The molecule has 0 aliphatic rings. The minimum atomic E-state index is -0.374. The number of ether oxygens (including phenoxy) is 1. The molecule has 0 heterocycles. The topological polar surface area (TPSA) is 64.4 Å². The van der Waals surface area contributed by atoms with E-state index in [2.05, 4.69) is 19.2 Å². The molecule has 0 rings (SSSR count). The van der Waals surface area contributed by atoms with Gasteiger partial charge in [0.15, 0.2) is 0 Å². The monoisotopic (exact) mass is 216 g/mol. The number of nitrogens with two attached hydrogens (primary N) is 1. The van der Waals surface area contributed by atoms with Gasteiger partial charge in [0, 0.05) is 19.8 Å². The van der Waals surface area contributed by atoms with Gasteiger partial charge in [0.25, 0.3) is 0 Å². The summed E-state index contributed by atoms with van der Waals surface area (Å²) >= 11 is 0. The van der Waals surface area contributed by atoms with Gasteiger partial charge in [-0.25, -0.2) is 0 Å². The lowest BCUT2D eigenvalue weighted by molar-refractivity contribution is -0.122. The minimum Gasteiger partial charge on any atom is -0.381 e. The van der Waals surface area contributed by atoms with Gasteiger partial charge < -0.3 is 15.8 Å². The van der Waals surface area contributed by atoms with Gasteiger partial charge in [0.1, 0.15) is 0 Å². The van der Waals surface area contributed by atoms with Gasteiger partial charge in [-0.15, -0.1) is 0 Å². The average Bonchev–Trinajstić information content (AvgIpc) is 2.21. The molecular formula is C11H24N2O2. The fourth-order valence-corrected chi connectivity index (χ4v) is 1.02. The zero-order chi connectivity index (χ0) is 11.7. The van der Waals surface area contributed by atoms with E-state index in [9.17, 15) is 4.79 Å². The molecule has 0 aromatic rings. The molecule has 0 spiro atoms. The number of amides is 1. The molecule has 3 N–H and O–H groups in total. The van der Waals surface area contributed by atoms with Crippen molar-refractivity contribution in [1.29, 1.82) is 0 Å². The Bertz CT molecular complexity index is 172. The van der Waals surface area contributed by atoms with E-state index in [4.69, 9.17) is 10.5 Å². The zero-order valence-electron chi connectivity index (χ0n) is 10.1. The number of rotatable bonds is 8. The van der Waals surface area contributed by atoms with E-state index in [1.54, 1.807) is 0 Å². The summed E-state index contributed by atoms with van der Waals surface area (Å²) in [5, 5.41) is 2.78. The standard InChI is InChI=1S/C11H24N2O2/c1-4-10(12)11(14)13-6-5-7-15-8-9(2)3/h9-10H,4-8,12H2,1-3H3,(H,13,14)/t10-/m0/s1. The van der Waals surface area contributed by atoms with Crippen LogP contribution in [-0.2, 0) is 9.53 Å². The maximum absolute atomic E-state index is 11.2. The molecule has 0 aromatic heterocycles. The molecule has 1 amide bonds. The smallest absolute Gasteiger partial charge is 0.236 e. The predicted octanol–water partition coefficient (Wildman–Crippen LogP) is 0.903. The van der Waals surface area contributed by atoms with E-state index in [1.165, 1.54) is 0 Å². The molecule has 0 saturated carbocycles. The summed E-state index contributed by atoms with van der Waals surface area (Å²) in [6.07, 6.45) is 1.52. The van der Waals surface area contributed by atoms with Gasteiger partial charge in [-0.3, -0.25) is 4.79 Å². The second-order valence-electron chi connectivity index (χ2n) is 4.13. The Morgan fingerprint density at radius 2 is 2.13 bits per heavy atom. The van der Waals surface area contributed by atoms with Crippen LogP contribution in [0.4, 0.5) is 0 Å². The lowest BCUT2D eigenvalue weighted by Gasteiger charge is -2.10. The molecule has 0 bridgehead atoms. The Hall–Kier alpha value is -0.610. The Morgan fingerprint density at radius 3 is 2.67 bits per heavy atom. The van der Waals surface area contributed by atoms with Gasteiger partial charge in [-0.1, -0.05) is 20.8 Å². The van der Waals surface area contributed by atoms with Crippen molar-refractivity contribution in [3.05, 3.63) is 0 Å². The average molecular weight is 216 g/mol. The second-order valence-corrected chi connectivity index (χ2v) is 4.13. The molecule has 0 saturated heterocycles. The van der Waals surface area contributed by atoms with Crippen LogP contribution >= 0.6 is 0 Å². The molecule has 0 unspecified atom stereocenters. The van der Waals surface area contributed by atoms with Crippen molar-refractivity contribution in [1.82, 2.24) is 5.32 Å². The number of hydrogen-bond acceptors (Lipinski definition) is 3. The summed E-state index contributed by atoms with van der Waals surface area (Å²) in [4.78, 5) is 11.2. The van der Waals surface area contributed by atoms with Crippen molar-refractivity contribution in [2.75, 3.05) is 19.8 Å². The van der Waals surface area contributed by atoms with Crippen LogP contribution < -0.4 is 11.1 Å². The fourth-order valence-electron chi connectivity index (χ4n) is 1.02. The minimum absolute atomic E-state index is 0.0682. The number of carbonyl (C=O) groups is 1. The summed E-state index contributed by atoms with van der Waals surface area (Å²) in [5.74, 6) is 0.495. The fraction of sp³-hybridized carbons (Fsp3) is 0.909. The van der Waals surface area contributed by atoms with Crippen molar-refractivity contribution in [2.45, 2.75) is 39.7 Å². The van der Waals surface area contributed by atoms with Gasteiger partial charge in [0.05, 0.1) is 6.04 Å². The summed E-state index contributed by atoms with van der Waals surface area (Å²) in [5.41, 5.74) is 5.55. The molecule has 4 nitrogen and oxygen atoms in total. The third-order valence-corrected chi connectivity index (χ3v) is 1.99. The van der Waals surface area contributed by atoms with Gasteiger partial charge in [-0.05, 0) is 18.8 Å². The van der Waals surface area contributed by atoms with Crippen molar-refractivity contribution < 1.29 is 9.53 Å². The van der Waals surface area contributed by atoms with E-state index in [-0.39, 0.29) is 11.9 Å². The van der Waals surface area contributed by atoms with Crippen LogP contribution in [0.15, 0.2) is 0 Å².